The van der Waals surface area contributed by atoms with Crippen molar-refractivity contribution < 1.29 is 9.47 Å². The Labute approximate surface area is 156 Å². The van der Waals surface area contributed by atoms with E-state index in [4.69, 9.17) is 14.5 Å². The van der Waals surface area contributed by atoms with E-state index < -0.39 is 0 Å². The third kappa shape index (κ3) is 4.29. The summed E-state index contributed by atoms with van der Waals surface area (Å²) < 4.78 is 11.4. The number of likely N-dealkylation sites (tertiary alicyclic amines) is 1. The van der Waals surface area contributed by atoms with Crippen molar-refractivity contribution in [3.05, 3.63) is 23.9 Å². The summed E-state index contributed by atoms with van der Waals surface area (Å²) in [6.07, 6.45) is 6.78. The molecule has 1 spiro atoms. The molecule has 1 N–H and O–H groups in total. The van der Waals surface area contributed by atoms with E-state index in [-0.39, 0.29) is 0 Å². The van der Waals surface area contributed by atoms with Gasteiger partial charge in [0.2, 0.25) is 5.88 Å². The zero-order valence-electron chi connectivity index (χ0n) is 15.7. The van der Waals surface area contributed by atoms with Crippen LogP contribution in [-0.4, -0.2) is 55.3 Å². The maximum atomic E-state index is 5.79. The van der Waals surface area contributed by atoms with Crippen LogP contribution in [0.1, 0.15) is 38.2 Å². The molecule has 3 heterocycles. The van der Waals surface area contributed by atoms with Crippen LogP contribution in [0.25, 0.3) is 0 Å². The molecule has 3 fully saturated rings. The zero-order valence-corrected chi connectivity index (χ0v) is 15.7. The van der Waals surface area contributed by atoms with Crippen LogP contribution in [-0.2, 0) is 11.3 Å². The van der Waals surface area contributed by atoms with Gasteiger partial charge in [-0.05, 0) is 50.2 Å². The summed E-state index contributed by atoms with van der Waals surface area (Å²) >= 11 is 0. The van der Waals surface area contributed by atoms with Crippen LogP contribution in [0.15, 0.2) is 23.3 Å². The number of hydrogen-bond donors (Lipinski definition) is 1. The lowest BCUT2D eigenvalue weighted by atomic mass is 9.87. The van der Waals surface area contributed by atoms with Crippen LogP contribution in [0.5, 0.6) is 5.88 Å². The molecule has 1 atom stereocenters. The smallest absolute Gasteiger partial charge is 0.213 e. The Bertz CT molecular complexity index is 638. The first-order chi connectivity index (χ1) is 12.8. The second-order valence-electron chi connectivity index (χ2n) is 7.90. The predicted molar refractivity (Wildman–Crippen MR) is 101 cm³/mol. The molecule has 6 nitrogen and oxygen atoms in total. The van der Waals surface area contributed by atoms with E-state index in [1.165, 1.54) is 25.7 Å². The first-order valence-corrected chi connectivity index (χ1v) is 9.95. The first kappa shape index (κ1) is 17.6. The van der Waals surface area contributed by atoms with Crippen LogP contribution < -0.4 is 10.1 Å². The monoisotopic (exact) mass is 358 g/mol. The van der Waals surface area contributed by atoms with Crippen molar-refractivity contribution in [1.82, 2.24) is 15.2 Å². The Balaban J connectivity index is 1.38. The number of aromatic nitrogens is 1. The number of nitrogens with one attached hydrogen (secondary N) is 1. The Morgan fingerprint density at radius 3 is 3.15 bits per heavy atom. The van der Waals surface area contributed by atoms with Crippen molar-refractivity contribution in [3.63, 3.8) is 0 Å². The summed E-state index contributed by atoms with van der Waals surface area (Å²) in [6.45, 7) is 8.34. The summed E-state index contributed by atoms with van der Waals surface area (Å²) in [5, 5.41) is 3.45. The molecule has 2 aliphatic heterocycles. The molecule has 3 aliphatic rings. The minimum Gasteiger partial charge on any atom is -0.477 e. The van der Waals surface area contributed by atoms with Gasteiger partial charge in [-0.2, -0.15) is 0 Å². The van der Waals surface area contributed by atoms with Gasteiger partial charge < -0.3 is 19.7 Å². The number of pyridine rings is 1. The Kier molecular flexibility index (Phi) is 5.29. The van der Waals surface area contributed by atoms with Gasteiger partial charge in [-0.3, -0.25) is 0 Å². The topological polar surface area (TPSA) is 59.0 Å². The predicted octanol–water partition coefficient (Wildman–Crippen LogP) is 2.45. The van der Waals surface area contributed by atoms with E-state index in [1.54, 1.807) is 0 Å². The molecule has 0 bridgehead atoms. The maximum Gasteiger partial charge on any atom is 0.213 e. The van der Waals surface area contributed by atoms with Crippen LogP contribution in [0.2, 0.25) is 0 Å². The van der Waals surface area contributed by atoms with E-state index >= 15 is 0 Å². The normalized spacial score (nSPS) is 25.9. The number of hydrogen-bond acceptors (Lipinski definition) is 4. The third-order valence-electron chi connectivity index (χ3n) is 5.63. The highest BCUT2D eigenvalue weighted by Crippen LogP contribution is 2.38. The van der Waals surface area contributed by atoms with E-state index in [2.05, 4.69) is 22.1 Å². The van der Waals surface area contributed by atoms with Crippen LogP contribution in [0, 0.1) is 11.3 Å². The minimum atomic E-state index is 0.344. The highest BCUT2D eigenvalue weighted by molar-refractivity contribution is 5.80. The number of guanidine groups is 1. The molecule has 2 saturated heterocycles. The van der Waals surface area contributed by atoms with Crippen molar-refractivity contribution in [2.24, 2.45) is 16.3 Å². The molecule has 4 rings (SSSR count). The summed E-state index contributed by atoms with van der Waals surface area (Å²) in [5.74, 6) is 2.47. The Morgan fingerprint density at radius 2 is 2.38 bits per heavy atom. The summed E-state index contributed by atoms with van der Waals surface area (Å²) in [4.78, 5) is 11.6. The fourth-order valence-corrected chi connectivity index (χ4v) is 3.79. The largest absolute Gasteiger partial charge is 0.477 e. The fraction of sp³-hybridized carbons (Fsp3) is 0.700. The minimum absolute atomic E-state index is 0.344. The lowest BCUT2D eigenvalue weighted by molar-refractivity contribution is 0.156. The molecule has 0 aromatic carbocycles. The van der Waals surface area contributed by atoms with E-state index in [1.807, 2.05) is 18.3 Å². The van der Waals surface area contributed by atoms with Crippen molar-refractivity contribution in [3.8, 4) is 5.88 Å². The van der Waals surface area contributed by atoms with Gasteiger partial charge in [-0.1, -0.05) is 0 Å². The molecule has 0 radical (unpaired) electrons. The Morgan fingerprint density at radius 1 is 1.46 bits per heavy atom. The first-order valence-electron chi connectivity index (χ1n) is 9.95. The van der Waals surface area contributed by atoms with Gasteiger partial charge >= 0.3 is 0 Å². The zero-order chi connectivity index (χ0) is 17.8. The van der Waals surface area contributed by atoms with E-state index in [0.29, 0.717) is 12.0 Å². The molecule has 1 aromatic rings. The van der Waals surface area contributed by atoms with Gasteiger partial charge in [0.25, 0.3) is 0 Å². The maximum absolute atomic E-state index is 5.79. The molecular weight excluding hydrogens is 328 g/mol. The lowest BCUT2D eigenvalue weighted by Crippen LogP contribution is -2.41. The molecule has 26 heavy (non-hydrogen) atoms. The van der Waals surface area contributed by atoms with Crippen LogP contribution >= 0.6 is 0 Å². The van der Waals surface area contributed by atoms with E-state index in [9.17, 15) is 0 Å². The summed E-state index contributed by atoms with van der Waals surface area (Å²) in [5.41, 5.74) is 1.48. The SMILES string of the molecule is CCNC(=NCc1ccnc(OCC2CC2)c1)N1CCC2(CCOC2)C1. The number of rotatable bonds is 6. The highest BCUT2D eigenvalue weighted by Gasteiger charge is 2.42. The van der Waals surface area contributed by atoms with E-state index in [0.717, 1.165) is 62.8 Å². The van der Waals surface area contributed by atoms with Gasteiger partial charge in [0.15, 0.2) is 5.96 Å². The molecule has 1 saturated carbocycles. The Hall–Kier alpha value is -1.82. The number of nitrogens with zero attached hydrogens (tertiary/aromatic N) is 3. The molecular formula is C20H30N4O2. The fourth-order valence-electron chi connectivity index (χ4n) is 3.79. The summed E-state index contributed by atoms with van der Waals surface area (Å²) in [7, 11) is 0. The summed E-state index contributed by atoms with van der Waals surface area (Å²) in [6, 6.07) is 4.04. The molecule has 1 unspecified atom stereocenters. The average Bonchev–Trinajstić information content (AvgIpc) is 3.24. The van der Waals surface area contributed by atoms with Gasteiger partial charge in [-0.15, -0.1) is 0 Å². The lowest BCUT2D eigenvalue weighted by Gasteiger charge is -2.25. The average molecular weight is 358 g/mol. The number of ether oxygens (including phenoxy) is 2. The highest BCUT2D eigenvalue weighted by atomic mass is 16.5. The van der Waals surface area contributed by atoms with Crippen molar-refractivity contribution in [2.75, 3.05) is 39.5 Å². The van der Waals surface area contributed by atoms with Crippen molar-refractivity contribution >= 4 is 5.96 Å². The quantitative estimate of drug-likeness (QED) is 0.625. The standard InChI is InChI=1S/C20H30N4O2/c1-2-21-19(24-9-6-20(14-24)7-10-25-15-20)23-12-17-5-8-22-18(11-17)26-13-16-3-4-16/h5,8,11,16H,2-4,6-7,9-10,12-15H2,1H3,(H,21,23). The second kappa shape index (κ2) is 7.82. The molecule has 1 aliphatic carbocycles. The number of aliphatic imine (C=N–C) groups is 1. The van der Waals surface area contributed by atoms with Crippen molar-refractivity contribution in [2.45, 2.75) is 39.2 Å². The molecule has 6 heteroatoms. The molecule has 1 aromatic heterocycles. The van der Waals surface area contributed by atoms with Crippen LogP contribution in [0.3, 0.4) is 0 Å². The molecule has 142 valence electrons. The second-order valence-corrected chi connectivity index (χ2v) is 7.90. The van der Waals surface area contributed by atoms with Gasteiger partial charge in [0.05, 0.1) is 19.8 Å². The third-order valence-corrected chi connectivity index (χ3v) is 5.63. The molecule has 0 amide bonds. The van der Waals surface area contributed by atoms with Crippen molar-refractivity contribution in [1.29, 1.82) is 0 Å². The van der Waals surface area contributed by atoms with Gasteiger partial charge in [0.1, 0.15) is 0 Å². The van der Waals surface area contributed by atoms with Gasteiger partial charge in [-0.25, -0.2) is 9.98 Å². The van der Waals surface area contributed by atoms with Crippen LogP contribution in [0.4, 0.5) is 0 Å². The van der Waals surface area contributed by atoms with Gasteiger partial charge in [0, 0.05) is 43.9 Å².